The van der Waals surface area contributed by atoms with Crippen LogP contribution in [0.25, 0.3) is 0 Å². The molecule has 2 fully saturated rings. The maximum Gasteiger partial charge on any atom is 0.333 e. The Morgan fingerprint density at radius 3 is 2.29 bits per heavy atom. The number of hydrogen-bond donors (Lipinski definition) is 7. The molecular formula is C33H60N2O12S. The van der Waals surface area contributed by atoms with Gasteiger partial charge in [-0.25, -0.2) is 0 Å². The highest BCUT2D eigenvalue weighted by Crippen LogP contribution is 2.44. The number of hydrogen-bond acceptors (Lipinski definition) is 10. The molecular weight excluding hydrogens is 648 g/mol. The molecule has 2 bridgehead atoms. The van der Waals surface area contributed by atoms with E-state index in [0.29, 0.717) is 19.4 Å². The van der Waals surface area contributed by atoms with Crippen molar-refractivity contribution in [1.82, 2.24) is 10.0 Å². The van der Waals surface area contributed by atoms with Gasteiger partial charge in [-0.2, -0.15) is 13.1 Å². The van der Waals surface area contributed by atoms with E-state index in [1.165, 1.54) is 6.08 Å². The Morgan fingerprint density at radius 2 is 1.60 bits per heavy atom. The Kier molecular flexibility index (Phi) is 20.9. The molecule has 2 rings (SSSR count). The molecule has 2 saturated heterocycles. The van der Waals surface area contributed by atoms with Gasteiger partial charge >= 0.3 is 16.3 Å². The minimum Gasteiger partial charge on any atom is -0.480 e. The first-order valence-corrected chi connectivity index (χ1v) is 19.2. The van der Waals surface area contributed by atoms with Gasteiger partial charge < -0.3 is 40.0 Å². The average molecular weight is 709 g/mol. The molecule has 0 saturated carbocycles. The first-order chi connectivity index (χ1) is 22.9. The van der Waals surface area contributed by atoms with Gasteiger partial charge in [-0.15, -0.1) is 0 Å². The van der Waals surface area contributed by atoms with E-state index in [1.807, 2.05) is 4.72 Å². The Labute approximate surface area is 285 Å². The molecule has 2 aliphatic heterocycles. The summed E-state index contributed by atoms with van der Waals surface area (Å²) in [5, 5.41) is 40.8. The summed E-state index contributed by atoms with van der Waals surface area (Å²) < 4.78 is 50.5. The maximum atomic E-state index is 11.5. The Balaban J connectivity index is 1.47. The van der Waals surface area contributed by atoms with Gasteiger partial charge in [-0.1, -0.05) is 57.4 Å². The number of fused-ring (bicyclic) bond motifs is 2. The Bertz CT molecular complexity index is 1050. The van der Waals surface area contributed by atoms with Gasteiger partial charge in [0, 0.05) is 19.4 Å². The van der Waals surface area contributed by atoms with E-state index < -0.39 is 52.8 Å². The van der Waals surface area contributed by atoms with E-state index in [2.05, 4.69) is 5.32 Å². The summed E-state index contributed by atoms with van der Waals surface area (Å²) in [6, 6.07) is -0.886. The van der Waals surface area contributed by atoms with Gasteiger partial charge in [0.25, 0.3) is 0 Å². The molecule has 0 aliphatic carbocycles. The number of carboxylic acid groups (broad SMARTS) is 1. The van der Waals surface area contributed by atoms with E-state index in [1.54, 1.807) is 6.08 Å². The van der Waals surface area contributed by atoms with Gasteiger partial charge in [-0.05, 0) is 63.9 Å². The topological polar surface area (TPSA) is 221 Å². The number of carbonyl (C=O) groups is 2. The van der Waals surface area contributed by atoms with Crippen molar-refractivity contribution in [3.8, 4) is 0 Å². The van der Waals surface area contributed by atoms with Crippen LogP contribution in [0.4, 0.5) is 0 Å². The van der Waals surface area contributed by atoms with Crippen molar-refractivity contribution in [3.05, 3.63) is 12.2 Å². The molecule has 2 heterocycles. The Morgan fingerprint density at radius 1 is 0.938 bits per heavy atom. The smallest absolute Gasteiger partial charge is 0.333 e. The van der Waals surface area contributed by atoms with Crippen LogP contribution < -0.4 is 10.0 Å². The van der Waals surface area contributed by atoms with Crippen LogP contribution in [-0.4, -0.2) is 108 Å². The number of aliphatic hydroxyl groups excluding tert-OH is 3. The summed E-state index contributed by atoms with van der Waals surface area (Å²) in [5.74, 6) is -1.96. The number of carbonyl (C=O) groups excluding carboxylic acids is 1. The molecule has 0 aromatic carbocycles. The molecule has 6 atom stereocenters. The molecule has 0 aromatic rings. The molecule has 15 heteroatoms. The molecule has 0 radical (unpaired) electrons. The first kappa shape index (κ1) is 42.5. The van der Waals surface area contributed by atoms with Crippen LogP contribution in [-0.2, 0) is 34.1 Å². The zero-order valence-electron chi connectivity index (χ0n) is 28.3. The van der Waals surface area contributed by atoms with Crippen molar-refractivity contribution in [3.63, 3.8) is 0 Å². The van der Waals surface area contributed by atoms with E-state index >= 15 is 0 Å². The van der Waals surface area contributed by atoms with Gasteiger partial charge in [-0.3, -0.25) is 14.1 Å². The summed E-state index contributed by atoms with van der Waals surface area (Å²) in [5.41, 5.74) is 0. The highest BCUT2D eigenvalue weighted by atomic mass is 32.2. The molecule has 14 nitrogen and oxygen atoms in total. The summed E-state index contributed by atoms with van der Waals surface area (Å²) >= 11 is 0. The lowest BCUT2D eigenvalue weighted by atomic mass is 9.95. The molecule has 2 unspecified atom stereocenters. The summed E-state index contributed by atoms with van der Waals surface area (Å²) in [6.07, 6.45) is 18.7. The molecule has 0 spiro atoms. The largest absolute Gasteiger partial charge is 0.480 e. The van der Waals surface area contributed by atoms with Crippen LogP contribution in [0.5, 0.6) is 0 Å². The van der Waals surface area contributed by atoms with Gasteiger partial charge in [0.05, 0.1) is 43.7 Å². The molecule has 280 valence electrons. The van der Waals surface area contributed by atoms with E-state index in [9.17, 15) is 28.2 Å². The van der Waals surface area contributed by atoms with Crippen molar-refractivity contribution in [2.24, 2.45) is 0 Å². The quantitative estimate of drug-likeness (QED) is 0.0339. The van der Waals surface area contributed by atoms with Gasteiger partial charge in [0.15, 0.2) is 5.79 Å². The van der Waals surface area contributed by atoms with E-state index in [0.717, 1.165) is 109 Å². The molecule has 1 amide bonds. The lowest BCUT2D eigenvalue weighted by Crippen LogP contribution is -2.40. The normalized spacial score (nSPS) is 22.9. The van der Waals surface area contributed by atoms with Crippen molar-refractivity contribution < 1.29 is 57.2 Å². The fraction of sp³-hybridized carbons (Fsp3) is 0.879. The monoisotopic (exact) mass is 708 g/mol. The zero-order chi connectivity index (χ0) is 35.3. The molecule has 48 heavy (non-hydrogen) atoms. The second-order valence-corrected chi connectivity index (χ2v) is 14.3. The standard InChI is InChI=1S/C33H60N2O12S/c36-24-26(35-48(42,43)44)25-45-22-13-6-2-3-8-15-27(37)28(38)16-9-7-12-20-33-21-14-18-30(47-33)29(46-33)17-10-4-1-5-11-19-31(39)34-23-32(40)41/h11,19,26-30,35-38H,1-10,12-18,20-25H2,(H,34,39)(H,40,41)(H,42,43,44)/b19-11+/t26-,27?,28?,29+,30+,33+/m0/s1. The van der Waals surface area contributed by atoms with Crippen LogP contribution in [0.15, 0.2) is 12.2 Å². The zero-order valence-corrected chi connectivity index (χ0v) is 29.1. The average Bonchev–Trinajstić information content (AvgIpc) is 3.28. The fourth-order valence-electron chi connectivity index (χ4n) is 6.31. The lowest BCUT2D eigenvalue weighted by Gasteiger charge is -2.31. The van der Waals surface area contributed by atoms with Gasteiger partial charge in [0.2, 0.25) is 5.91 Å². The predicted octanol–water partition coefficient (Wildman–Crippen LogP) is 3.14. The Hall–Kier alpha value is -1.69. The fourth-order valence-corrected chi connectivity index (χ4v) is 6.87. The maximum absolute atomic E-state index is 11.5. The van der Waals surface area contributed by atoms with Gasteiger partial charge in [0.1, 0.15) is 6.54 Å². The third-order valence-electron chi connectivity index (χ3n) is 8.88. The minimum atomic E-state index is -4.39. The van der Waals surface area contributed by atoms with Crippen molar-refractivity contribution in [2.75, 3.05) is 26.4 Å². The minimum absolute atomic E-state index is 0.0308. The number of ether oxygens (including phenoxy) is 3. The van der Waals surface area contributed by atoms with Crippen molar-refractivity contribution in [2.45, 2.75) is 158 Å². The first-order valence-electron chi connectivity index (χ1n) is 17.7. The number of nitrogens with one attached hydrogen (secondary N) is 2. The third kappa shape index (κ3) is 18.9. The van der Waals surface area contributed by atoms with Crippen LogP contribution in [0.3, 0.4) is 0 Å². The molecule has 2 aliphatic rings. The number of aliphatic carboxylic acids is 1. The summed E-state index contributed by atoms with van der Waals surface area (Å²) in [6.45, 7) is -0.476. The van der Waals surface area contributed by atoms with Crippen LogP contribution in [0, 0.1) is 0 Å². The number of unbranched alkanes of at least 4 members (excludes halogenated alkanes) is 9. The number of allylic oxidation sites excluding steroid dienone is 1. The predicted molar refractivity (Wildman–Crippen MR) is 178 cm³/mol. The number of rotatable bonds is 29. The van der Waals surface area contributed by atoms with Crippen LogP contribution >= 0.6 is 0 Å². The van der Waals surface area contributed by atoms with Crippen molar-refractivity contribution >= 4 is 22.2 Å². The number of carboxylic acids is 1. The van der Waals surface area contributed by atoms with E-state index in [-0.39, 0.29) is 25.4 Å². The SMILES string of the molecule is O=C(O)CNC(=O)/C=C/CCCCC[C@H]1O[C@@]2(CCCCCC(O)C(O)CCCCCCCOC[C@H](CO)NS(=O)(=O)O)CCC[C@H]1O2. The highest BCUT2D eigenvalue weighted by Gasteiger charge is 2.49. The number of amides is 1. The second-order valence-electron chi connectivity index (χ2n) is 13.1. The van der Waals surface area contributed by atoms with Crippen LogP contribution in [0.1, 0.15) is 122 Å². The van der Waals surface area contributed by atoms with Crippen LogP contribution in [0.2, 0.25) is 0 Å². The summed E-state index contributed by atoms with van der Waals surface area (Å²) in [4.78, 5) is 22.0. The van der Waals surface area contributed by atoms with E-state index in [4.69, 9.17) is 29.0 Å². The molecule has 0 aromatic heterocycles. The number of aliphatic hydroxyl groups is 3. The lowest BCUT2D eigenvalue weighted by molar-refractivity contribution is -0.198. The van der Waals surface area contributed by atoms with Crippen molar-refractivity contribution in [1.29, 1.82) is 0 Å². The highest BCUT2D eigenvalue weighted by molar-refractivity contribution is 7.83. The molecule has 7 N–H and O–H groups in total. The second kappa shape index (κ2) is 23.7. The third-order valence-corrected chi connectivity index (χ3v) is 9.51. The summed E-state index contributed by atoms with van der Waals surface area (Å²) in [7, 11) is -4.39.